The molecule has 1 aromatic carbocycles. The van der Waals surface area contributed by atoms with E-state index in [0.717, 1.165) is 25.7 Å². The molecule has 1 aliphatic rings. The summed E-state index contributed by atoms with van der Waals surface area (Å²) in [5, 5.41) is 2.73. The summed E-state index contributed by atoms with van der Waals surface area (Å²) in [4.78, 5) is 12.5. The van der Waals surface area contributed by atoms with E-state index in [1.165, 1.54) is 16.6 Å². The summed E-state index contributed by atoms with van der Waals surface area (Å²) < 4.78 is 32.4. The Morgan fingerprint density at radius 2 is 1.84 bits per heavy atom. The maximum absolute atomic E-state index is 12.8. The minimum Gasteiger partial charge on any atom is -0.467 e. The second kappa shape index (κ2) is 7.84. The average molecular weight is 362 g/mol. The third-order valence-electron chi connectivity index (χ3n) is 4.30. The monoisotopic (exact) mass is 362 g/mol. The van der Waals surface area contributed by atoms with Crippen molar-refractivity contribution in [2.75, 3.05) is 13.1 Å². The predicted molar refractivity (Wildman–Crippen MR) is 93.5 cm³/mol. The summed E-state index contributed by atoms with van der Waals surface area (Å²) in [7, 11) is -3.56. The van der Waals surface area contributed by atoms with Crippen LogP contribution in [0, 0.1) is 0 Å². The molecule has 25 heavy (non-hydrogen) atoms. The van der Waals surface area contributed by atoms with Gasteiger partial charge in [-0.3, -0.25) is 4.79 Å². The second-order valence-electron chi connectivity index (χ2n) is 6.11. The Morgan fingerprint density at radius 3 is 2.52 bits per heavy atom. The largest absolute Gasteiger partial charge is 0.467 e. The first kappa shape index (κ1) is 17.7. The zero-order valence-corrected chi connectivity index (χ0v) is 14.8. The number of sulfonamides is 1. The number of rotatable bonds is 5. The van der Waals surface area contributed by atoms with Crippen LogP contribution >= 0.6 is 0 Å². The van der Waals surface area contributed by atoms with E-state index in [4.69, 9.17) is 4.42 Å². The Bertz CT molecular complexity index is 807. The van der Waals surface area contributed by atoms with Gasteiger partial charge in [0.2, 0.25) is 10.0 Å². The number of benzene rings is 1. The summed E-state index contributed by atoms with van der Waals surface area (Å²) in [6.07, 6.45) is 5.41. The van der Waals surface area contributed by atoms with E-state index >= 15 is 0 Å². The van der Waals surface area contributed by atoms with Gasteiger partial charge in [0.1, 0.15) is 5.76 Å². The molecule has 0 radical (unpaired) electrons. The molecule has 1 saturated heterocycles. The first-order chi connectivity index (χ1) is 12.1. The van der Waals surface area contributed by atoms with Gasteiger partial charge >= 0.3 is 0 Å². The van der Waals surface area contributed by atoms with E-state index in [1.54, 1.807) is 30.3 Å². The van der Waals surface area contributed by atoms with Crippen LogP contribution in [-0.4, -0.2) is 31.7 Å². The molecule has 0 saturated carbocycles. The van der Waals surface area contributed by atoms with Crippen LogP contribution in [0.4, 0.5) is 0 Å². The van der Waals surface area contributed by atoms with E-state index in [2.05, 4.69) is 5.32 Å². The van der Waals surface area contributed by atoms with Gasteiger partial charge in [-0.1, -0.05) is 18.9 Å². The SMILES string of the molecule is O=C(NCc1ccco1)c1cccc(S(=O)(=O)N2CCCCCC2)c1. The van der Waals surface area contributed by atoms with Gasteiger partial charge in [-0.05, 0) is 43.2 Å². The molecule has 0 aliphatic carbocycles. The van der Waals surface area contributed by atoms with Crippen LogP contribution in [0.5, 0.6) is 0 Å². The van der Waals surface area contributed by atoms with Crippen LogP contribution < -0.4 is 5.32 Å². The average Bonchev–Trinajstić information content (AvgIpc) is 2.99. The van der Waals surface area contributed by atoms with Gasteiger partial charge in [0, 0.05) is 18.7 Å². The first-order valence-electron chi connectivity index (χ1n) is 8.48. The van der Waals surface area contributed by atoms with Gasteiger partial charge < -0.3 is 9.73 Å². The lowest BCUT2D eigenvalue weighted by atomic mass is 10.2. The molecule has 1 amide bonds. The molecule has 6 nitrogen and oxygen atoms in total. The lowest BCUT2D eigenvalue weighted by Crippen LogP contribution is -2.32. The summed E-state index contributed by atoms with van der Waals surface area (Å²) in [5.41, 5.74) is 0.322. The molecule has 2 aromatic rings. The molecule has 0 bridgehead atoms. The van der Waals surface area contributed by atoms with Gasteiger partial charge in [-0.2, -0.15) is 4.31 Å². The Hall–Kier alpha value is -2.12. The number of amides is 1. The molecule has 0 atom stereocenters. The molecular weight excluding hydrogens is 340 g/mol. The van der Waals surface area contributed by atoms with Crippen molar-refractivity contribution in [2.24, 2.45) is 0 Å². The van der Waals surface area contributed by atoms with Crippen LogP contribution in [0.3, 0.4) is 0 Å². The highest BCUT2D eigenvalue weighted by atomic mass is 32.2. The third kappa shape index (κ3) is 4.29. The highest BCUT2D eigenvalue weighted by molar-refractivity contribution is 7.89. The summed E-state index contributed by atoms with van der Waals surface area (Å²) in [5.74, 6) is 0.311. The van der Waals surface area contributed by atoms with E-state index in [9.17, 15) is 13.2 Å². The summed E-state index contributed by atoms with van der Waals surface area (Å²) in [6, 6.07) is 9.71. The number of hydrogen-bond acceptors (Lipinski definition) is 4. The standard InChI is InChI=1S/C18H22N2O4S/c21-18(19-14-16-8-6-12-24-16)15-7-5-9-17(13-15)25(22,23)20-10-3-1-2-4-11-20/h5-9,12-13H,1-4,10-11,14H2,(H,19,21). The molecule has 1 fully saturated rings. The molecule has 0 spiro atoms. The number of carbonyl (C=O) groups excluding carboxylic acids is 1. The molecule has 1 N–H and O–H groups in total. The topological polar surface area (TPSA) is 79.6 Å². The zero-order chi connectivity index (χ0) is 17.7. The van der Waals surface area contributed by atoms with Crippen LogP contribution in [0.2, 0.25) is 0 Å². The lowest BCUT2D eigenvalue weighted by Gasteiger charge is -2.20. The van der Waals surface area contributed by atoms with Crippen molar-refractivity contribution < 1.29 is 17.6 Å². The smallest absolute Gasteiger partial charge is 0.251 e. The molecule has 0 unspecified atom stereocenters. The van der Waals surface area contributed by atoms with Crippen molar-refractivity contribution in [1.29, 1.82) is 0 Å². The molecule has 134 valence electrons. The van der Waals surface area contributed by atoms with Gasteiger partial charge in [0.05, 0.1) is 17.7 Å². The summed E-state index contributed by atoms with van der Waals surface area (Å²) >= 11 is 0. The Kier molecular flexibility index (Phi) is 5.55. The molecular formula is C18H22N2O4S. The van der Waals surface area contributed by atoms with Crippen molar-refractivity contribution in [1.82, 2.24) is 9.62 Å². The summed E-state index contributed by atoms with van der Waals surface area (Å²) in [6.45, 7) is 1.34. The molecule has 1 aliphatic heterocycles. The molecule has 1 aromatic heterocycles. The highest BCUT2D eigenvalue weighted by Gasteiger charge is 2.25. The van der Waals surface area contributed by atoms with Crippen molar-refractivity contribution in [3.8, 4) is 0 Å². The minimum atomic E-state index is -3.56. The Labute approximate surface area is 147 Å². The zero-order valence-electron chi connectivity index (χ0n) is 14.0. The molecule has 2 heterocycles. The third-order valence-corrected chi connectivity index (χ3v) is 6.20. The number of carbonyl (C=O) groups is 1. The highest BCUT2D eigenvalue weighted by Crippen LogP contribution is 2.21. The number of hydrogen-bond donors (Lipinski definition) is 1. The number of nitrogens with zero attached hydrogens (tertiary/aromatic N) is 1. The number of nitrogens with one attached hydrogen (secondary N) is 1. The fourth-order valence-electron chi connectivity index (χ4n) is 2.91. The normalized spacial score (nSPS) is 16.3. The van der Waals surface area contributed by atoms with E-state index in [-0.39, 0.29) is 17.3 Å². The fraction of sp³-hybridized carbons (Fsp3) is 0.389. The van der Waals surface area contributed by atoms with Crippen molar-refractivity contribution in [3.63, 3.8) is 0 Å². The maximum atomic E-state index is 12.8. The maximum Gasteiger partial charge on any atom is 0.251 e. The fourth-order valence-corrected chi connectivity index (χ4v) is 4.48. The van der Waals surface area contributed by atoms with Crippen LogP contribution in [-0.2, 0) is 16.6 Å². The van der Waals surface area contributed by atoms with Gasteiger partial charge in [0.15, 0.2) is 0 Å². The van der Waals surface area contributed by atoms with E-state index in [1.807, 2.05) is 0 Å². The van der Waals surface area contributed by atoms with Crippen molar-refractivity contribution >= 4 is 15.9 Å². The lowest BCUT2D eigenvalue weighted by molar-refractivity contribution is 0.0948. The predicted octanol–water partition coefficient (Wildman–Crippen LogP) is 2.77. The van der Waals surface area contributed by atoms with Gasteiger partial charge in [-0.25, -0.2) is 8.42 Å². The van der Waals surface area contributed by atoms with Crippen LogP contribution in [0.25, 0.3) is 0 Å². The van der Waals surface area contributed by atoms with E-state index < -0.39 is 10.0 Å². The molecule has 3 rings (SSSR count). The van der Waals surface area contributed by atoms with E-state index in [0.29, 0.717) is 24.4 Å². The van der Waals surface area contributed by atoms with Gasteiger partial charge in [-0.15, -0.1) is 0 Å². The van der Waals surface area contributed by atoms with Crippen LogP contribution in [0.15, 0.2) is 52.0 Å². The first-order valence-corrected chi connectivity index (χ1v) is 9.92. The van der Waals surface area contributed by atoms with Crippen molar-refractivity contribution in [3.05, 3.63) is 54.0 Å². The van der Waals surface area contributed by atoms with Crippen molar-refractivity contribution in [2.45, 2.75) is 37.1 Å². The minimum absolute atomic E-state index is 0.167. The Morgan fingerprint density at radius 1 is 1.08 bits per heavy atom. The van der Waals surface area contributed by atoms with Crippen LogP contribution in [0.1, 0.15) is 41.8 Å². The van der Waals surface area contributed by atoms with Gasteiger partial charge in [0.25, 0.3) is 5.91 Å². The molecule has 7 heteroatoms. The quantitative estimate of drug-likeness (QED) is 0.887. The second-order valence-corrected chi connectivity index (χ2v) is 8.05. The Balaban J connectivity index is 1.74. The number of furan rings is 1.